The highest BCUT2D eigenvalue weighted by molar-refractivity contribution is 8.18. The molecule has 10 heteroatoms. The molecular weight excluding hydrogens is 474 g/mol. The summed E-state index contributed by atoms with van der Waals surface area (Å²) in [5.74, 6) is -0.0141. The van der Waals surface area contributed by atoms with E-state index in [4.69, 9.17) is 18.9 Å². The maximum Gasteiger partial charge on any atom is 0.344 e. The molecular formula is C25H25NO8S. The smallest absolute Gasteiger partial charge is 0.344 e. The van der Waals surface area contributed by atoms with E-state index in [2.05, 4.69) is 9.73 Å². The Hall–Kier alpha value is -3.92. The molecule has 1 aliphatic rings. The van der Waals surface area contributed by atoms with Crippen LogP contribution in [0.3, 0.4) is 0 Å². The van der Waals surface area contributed by atoms with E-state index in [1.54, 1.807) is 62.6 Å². The molecule has 0 atom stereocenters. The number of aliphatic hydroxyl groups excluding tert-OH is 1. The molecule has 2 aromatic rings. The van der Waals surface area contributed by atoms with E-state index in [1.165, 1.54) is 14.2 Å². The second-order valence-electron chi connectivity index (χ2n) is 6.94. The molecule has 0 fully saturated rings. The van der Waals surface area contributed by atoms with Gasteiger partial charge in [-0.1, -0.05) is 17.8 Å². The largest absolute Gasteiger partial charge is 0.506 e. The molecule has 0 saturated carbocycles. The summed E-state index contributed by atoms with van der Waals surface area (Å²) in [4.78, 5) is 28.9. The Balaban J connectivity index is 1.94. The first-order valence-electron chi connectivity index (χ1n) is 10.5. The van der Waals surface area contributed by atoms with E-state index in [1.807, 2.05) is 0 Å². The van der Waals surface area contributed by atoms with Crippen molar-refractivity contribution in [1.29, 1.82) is 0 Å². The molecule has 0 saturated heterocycles. The molecule has 0 bridgehead atoms. The first-order valence-corrected chi connectivity index (χ1v) is 11.3. The summed E-state index contributed by atoms with van der Waals surface area (Å²) < 4.78 is 25.7. The van der Waals surface area contributed by atoms with Crippen LogP contribution in [0.4, 0.5) is 5.69 Å². The first-order chi connectivity index (χ1) is 16.9. The van der Waals surface area contributed by atoms with Crippen LogP contribution in [0, 0.1) is 0 Å². The Morgan fingerprint density at radius 2 is 1.77 bits per heavy atom. The van der Waals surface area contributed by atoms with Crippen molar-refractivity contribution in [1.82, 2.24) is 0 Å². The van der Waals surface area contributed by atoms with E-state index < -0.39 is 11.9 Å². The van der Waals surface area contributed by atoms with Crippen LogP contribution in [-0.4, -0.2) is 56.6 Å². The van der Waals surface area contributed by atoms with E-state index in [9.17, 15) is 14.7 Å². The number of nitrogens with zero attached hydrogens (tertiary/aromatic N) is 1. The van der Waals surface area contributed by atoms with Crippen LogP contribution in [0.2, 0.25) is 0 Å². The standard InChI is InChI=1S/C25H25NO8S/c1-5-33-25(29)22-23(28)20(35-24(22)26-16-7-9-17(30-2)10-8-16)13-15-6-11-18(19(12-15)31-3)34-14-21(27)32-4/h6-13,28H,5,14H2,1-4H3. The molecule has 0 unspecified atom stereocenters. The number of carbonyl (C=O) groups is 2. The average molecular weight is 500 g/mol. The third kappa shape index (κ3) is 6.36. The number of hydrogen-bond donors (Lipinski definition) is 1. The summed E-state index contributed by atoms with van der Waals surface area (Å²) in [6.45, 7) is 1.57. The van der Waals surface area contributed by atoms with Gasteiger partial charge in [0.05, 0.1) is 38.5 Å². The predicted octanol–water partition coefficient (Wildman–Crippen LogP) is 4.45. The van der Waals surface area contributed by atoms with Gasteiger partial charge in [0.2, 0.25) is 0 Å². The minimum Gasteiger partial charge on any atom is -0.506 e. The second kappa shape index (κ2) is 12.0. The quantitative estimate of drug-likeness (QED) is 0.500. The fraction of sp³-hybridized carbons (Fsp3) is 0.240. The normalized spacial score (nSPS) is 15.3. The summed E-state index contributed by atoms with van der Waals surface area (Å²) in [6.07, 6.45) is 1.68. The highest BCUT2D eigenvalue weighted by Gasteiger charge is 2.33. The monoisotopic (exact) mass is 499 g/mol. The van der Waals surface area contributed by atoms with Gasteiger partial charge in [-0.05, 0) is 55.0 Å². The summed E-state index contributed by atoms with van der Waals surface area (Å²) >= 11 is 1.14. The zero-order valence-electron chi connectivity index (χ0n) is 19.7. The predicted molar refractivity (Wildman–Crippen MR) is 132 cm³/mol. The van der Waals surface area contributed by atoms with Gasteiger partial charge in [-0.2, -0.15) is 0 Å². The maximum atomic E-state index is 12.6. The van der Waals surface area contributed by atoms with Crippen molar-refractivity contribution in [2.45, 2.75) is 6.92 Å². The second-order valence-corrected chi connectivity index (χ2v) is 7.98. The Kier molecular flexibility index (Phi) is 8.80. The topological polar surface area (TPSA) is 113 Å². The van der Waals surface area contributed by atoms with Crippen molar-refractivity contribution in [3.05, 3.63) is 64.3 Å². The number of thioether (sulfide) groups is 1. The van der Waals surface area contributed by atoms with Crippen molar-refractivity contribution >= 4 is 40.5 Å². The Bertz CT molecular complexity index is 1180. The summed E-state index contributed by atoms with van der Waals surface area (Å²) in [7, 11) is 4.31. The van der Waals surface area contributed by atoms with Gasteiger partial charge in [0.15, 0.2) is 18.1 Å². The van der Waals surface area contributed by atoms with E-state index in [0.717, 1.165) is 11.8 Å². The third-order valence-electron chi connectivity index (χ3n) is 4.73. The van der Waals surface area contributed by atoms with Crippen molar-refractivity contribution in [2.75, 3.05) is 34.5 Å². The fourth-order valence-corrected chi connectivity index (χ4v) is 4.04. The van der Waals surface area contributed by atoms with Gasteiger partial charge in [-0.15, -0.1) is 0 Å². The number of aliphatic hydroxyl groups is 1. The number of carbonyl (C=O) groups excluding carboxylic acids is 2. The molecule has 9 nitrogen and oxygen atoms in total. The highest BCUT2D eigenvalue weighted by Crippen LogP contribution is 2.41. The lowest BCUT2D eigenvalue weighted by Gasteiger charge is -2.10. The lowest BCUT2D eigenvalue weighted by atomic mass is 10.1. The van der Waals surface area contributed by atoms with Crippen LogP contribution >= 0.6 is 11.8 Å². The van der Waals surface area contributed by atoms with Gasteiger partial charge in [0.25, 0.3) is 0 Å². The SMILES string of the molecule is CCOC(=O)C1=C(O)C(=Cc2ccc(OCC(=O)OC)c(OC)c2)SC1=Nc1ccc(OC)cc1. The molecule has 35 heavy (non-hydrogen) atoms. The highest BCUT2D eigenvalue weighted by atomic mass is 32.2. The molecule has 0 aromatic heterocycles. The first kappa shape index (κ1) is 25.7. The molecule has 1 aliphatic heterocycles. The minimum absolute atomic E-state index is 0.0103. The van der Waals surface area contributed by atoms with Crippen LogP contribution in [-0.2, 0) is 19.1 Å². The Labute approximate surface area is 207 Å². The Morgan fingerprint density at radius 1 is 1.03 bits per heavy atom. The fourth-order valence-electron chi connectivity index (χ4n) is 3.01. The number of aliphatic imine (C=N–C) groups is 1. The van der Waals surface area contributed by atoms with Crippen LogP contribution in [0.1, 0.15) is 12.5 Å². The van der Waals surface area contributed by atoms with Crippen LogP contribution in [0.15, 0.2) is 63.7 Å². The summed E-state index contributed by atoms with van der Waals surface area (Å²) in [5, 5.41) is 11.2. The molecule has 2 aromatic carbocycles. The third-order valence-corrected chi connectivity index (χ3v) is 5.75. The van der Waals surface area contributed by atoms with Crippen molar-refractivity contribution < 1.29 is 38.4 Å². The molecule has 0 radical (unpaired) electrons. The van der Waals surface area contributed by atoms with Gasteiger partial charge >= 0.3 is 11.9 Å². The minimum atomic E-state index is -0.669. The number of rotatable bonds is 9. The molecule has 0 amide bonds. The number of benzene rings is 2. The zero-order valence-corrected chi connectivity index (χ0v) is 20.5. The molecule has 3 rings (SSSR count). The van der Waals surface area contributed by atoms with E-state index in [-0.39, 0.29) is 24.5 Å². The molecule has 1 N–H and O–H groups in total. The van der Waals surface area contributed by atoms with Gasteiger partial charge in [0.1, 0.15) is 22.1 Å². The van der Waals surface area contributed by atoms with Crippen LogP contribution < -0.4 is 14.2 Å². The number of ether oxygens (including phenoxy) is 5. The van der Waals surface area contributed by atoms with Gasteiger partial charge in [-0.3, -0.25) is 0 Å². The van der Waals surface area contributed by atoms with Crippen molar-refractivity contribution in [2.24, 2.45) is 4.99 Å². The van der Waals surface area contributed by atoms with Crippen molar-refractivity contribution in [3.8, 4) is 17.2 Å². The van der Waals surface area contributed by atoms with Crippen molar-refractivity contribution in [3.63, 3.8) is 0 Å². The average Bonchev–Trinajstić information content (AvgIpc) is 3.17. The Morgan fingerprint density at radius 3 is 2.40 bits per heavy atom. The van der Waals surface area contributed by atoms with E-state index >= 15 is 0 Å². The summed E-state index contributed by atoms with van der Waals surface area (Å²) in [5.41, 5.74) is 1.23. The zero-order chi connectivity index (χ0) is 25.4. The lowest BCUT2D eigenvalue weighted by Crippen LogP contribution is -2.13. The summed E-state index contributed by atoms with van der Waals surface area (Å²) in [6, 6.07) is 12.0. The lowest BCUT2D eigenvalue weighted by molar-refractivity contribution is -0.143. The molecule has 184 valence electrons. The van der Waals surface area contributed by atoms with Crippen LogP contribution in [0.25, 0.3) is 6.08 Å². The molecule has 0 spiro atoms. The molecule has 0 aliphatic carbocycles. The van der Waals surface area contributed by atoms with Crippen LogP contribution in [0.5, 0.6) is 17.2 Å². The van der Waals surface area contributed by atoms with Gasteiger partial charge in [0, 0.05) is 0 Å². The van der Waals surface area contributed by atoms with Gasteiger partial charge < -0.3 is 28.8 Å². The molecule has 1 heterocycles. The number of esters is 2. The van der Waals surface area contributed by atoms with Gasteiger partial charge in [-0.25, -0.2) is 14.6 Å². The number of methoxy groups -OCH3 is 3. The number of hydrogen-bond acceptors (Lipinski definition) is 10. The maximum absolute atomic E-state index is 12.6. The van der Waals surface area contributed by atoms with E-state index in [0.29, 0.717) is 38.4 Å².